The number of nitrogens with one attached hydrogen (secondary N) is 3. The van der Waals surface area contributed by atoms with Crippen LogP contribution in [0.1, 0.15) is 37.5 Å². The Hall–Kier alpha value is -3.35. The predicted octanol–water partition coefficient (Wildman–Crippen LogP) is 3.32. The molecule has 0 saturated heterocycles. The highest BCUT2D eigenvalue weighted by molar-refractivity contribution is 5.94. The first-order valence-electron chi connectivity index (χ1n) is 9.80. The van der Waals surface area contributed by atoms with Gasteiger partial charge < -0.3 is 20.7 Å². The molecule has 2 aromatic rings. The molecular weight excluding hydrogens is 382 g/mol. The van der Waals surface area contributed by atoms with E-state index in [1.165, 1.54) is 0 Å². The molecule has 0 spiro atoms. The number of anilines is 1. The van der Waals surface area contributed by atoms with Crippen LogP contribution in [0.15, 0.2) is 48.5 Å². The van der Waals surface area contributed by atoms with Crippen LogP contribution in [-0.4, -0.2) is 30.1 Å². The van der Waals surface area contributed by atoms with Crippen LogP contribution in [-0.2, 0) is 27.3 Å². The molecule has 0 heterocycles. The van der Waals surface area contributed by atoms with Gasteiger partial charge in [-0.25, -0.2) is 4.79 Å². The van der Waals surface area contributed by atoms with Gasteiger partial charge in [0.2, 0.25) is 11.8 Å². The van der Waals surface area contributed by atoms with Gasteiger partial charge in [0.25, 0.3) is 0 Å². The fourth-order valence-corrected chi connectivity index (χ4v) is 2.70. The molecule has 3 N–H and O–H groups in total. The minimum atomic E-state index is -0.658. The number of carbonyl (C=O) groups is 3. The zero-order valence-electron chi connectivity index (χ0n) is 17.9. The quantitative estimate of drug-likeness (QED) is 0.651. The number of benzene rings is 2. The third-order valence-electron chi connectivity index (χ3n) is 4.17. The molecule has 7 heteroatoms. The Balaban J connectivity index is 1.88. The van der Waals surface area contributed by atoms with Crippen molar-refractivity contribution in [1.82, 2.24) is 10.6 Å². The molecule has 2 aromatic carbocycles. The Morgan fingerprint density at radius 2 is 1.50 bits per heavy atom. The molecule has 0 aliphatic rings. The van der Waals surface area contributed by atoms with E-state index in [0.717, 1.165) is 16.7 Å². The van der Waals surface area contributed by atoms with Gasteiger partial charge in [0.05, 0.1) is 6.42 Å². The van der Waals surface area contributed by atoms with Gasteiger partial charge in [-0.1, -0.05) is 42.5 Å². The van der Waals surface area contributed by atoms with Gasteiger partial charge in [0, 0.05) is 12.2 Å². The summed E-state index contributed by atoms with van der Waals surface area (Å²) in [4.78, 5) is 36.2. The summed E-state index contributed by atoms with van der Waals surface area (Å²) in [7, 11) is 0. The maximum absolute atomic E-state index is 12.3. The highest BCUT2D eigenvalue weighted by Gasteiger charge is 2.17. The van der Waals surface area contributed by atoms with Crippen LogP contribution in [0.4, 0.5) is 10.5 Å². The van der Waals surface area contributed by atoms with E-state index in [1.807, 2.05) is 43.3 Å². The summed E-state index contributed by atoms with van der Waals surface area (Å²) in [5.41, 5.74) is 2.75. The minimum absolute atomic E-state index is 0.1000. The largest absolute Gasteiger partial charge is 0.444 e. The lowest BCUT2D eigenvalue weighted by atomic mass is 10.1. The van der Waals surface area contributed by atoms with Gasteiger partial charge in [0.1, 0.15) is 12.1 Å². The Bertz CT molecular complexity index is 903. The topological polar surface area (TPSA) is 96.5 Å². The molecule has 160 valence electrons. The maximum atomic E-state index is 12.3. The van der Waals surface area contributed by atoms with Crippen LogP contribution < -0.4 is 16.0 Å². The van der Waals surface area contributed by atoms with E-state index >= 15 is 0 Å². The lowest BCUT2D eigenvalue weighted by molar-refractivity contribution is -0.120. The zero-order valence-corrected chi connectivity index (χ0v) is 17.9. The van der Waals surface area contributed by atoms with Crippen molar-refractivity contribution in [3.05, 3.63) is 65.2 Å². The van der Waals surface area contributed by atoms with E-state index in [0.29, 0.717) is 12.1 Å². The van der Waals surface area contributed by atoms with E-state index in [-0.39, 0.29) is 24.9 Å². The van der Waals surface area contributed by atoms with Gasteiger partial charge in [-0.3, -0.25) is 9.59 Å². The lowest BCUT2D eigenvalue weighted by Crippen LogP contribution is -2.37. The van der Waals surface area contributed by atoms with Gasteiger partial charge in [-0.15, -0.1) is 0 Å². The van der Waals surface area contributed by atoms with Crippen molar-refractivity contribution in [2.24, 2.45) is 0 Å². The number of aryl methyl sites for hydroxylation is 1. The summed E-state index contributed by atoms with van der Waals surface area (Å²) in [6, 6.07) is 14.9. The Morgan fingerprint density at radius 3 is 2.17 bits per heavy atom. The first-order valence-corrected chi connectivity index (χ1v) is 9.80. The molecule has 0 aliphatic heterocycles. The lowest BCUT2D eigenvalue weighted by Gasteiger charge is -2.19. The van der Waals surface area contributed by atoms with E-state index in [4.69, 9.17) is 4.74 Å². The number of amides is 3. The fraction of sp³-hybridized carbons (Fsp3) is 0.348. The molecule has 0 atom stereocenters. The first kappa shape index (κ1) is 22.9. The molecule has 0 unspecified atom stereocenters. The molecule has 0 radical (unpaired) electrons. The van der Waals surface area contributed by atoms with E-state index < -0.39 is 11.7 Å². The molecule has 0 aromatic heterocycles. The Labute approximate surface area is 177 Å². The molecule has 0 fully saturated rings. The number of rotatable bonds is 7. The molecule has 0 saturated carbocycles. The molecular formula is C23H29N3O4. The summed E-state index contributed by atoms with van der Waals surface area (Å²) in [6.45, 7) is 7.27. The minimum Gasteiger partial charge on any atom is -0.444 e. The summed E-state index contributed by atoms with van der Waals surface area (Å²) < 4.78 is 5.11. The number of hydrogen-bond donors (Lipinski definition) is 3. The van der Waals surface area contributed by atoms with Crippen molar-refractivity contribution in [3.63, 3.8) is 0 Å². The third-order valence-corrected chi connectivity index (χ3v) is 4.17. The predicted molar refractivity (Wildman–Crippen MR) is 116 cm³/mol. The van der Waals surface area contributed by atoms with Crippen LogP contribution in [0.25, 0.3) is 0 Å². The Kier molecular flexibility index (Phi) is 7.98. The smallest absolute Gasteiger partial charge is 0.408 e. The molecule has 3 amide bonds. The van der Waals surface area contributed by atoms with Gasteiger partial charge in [0.15, 0.2) is 0 Å². The Morgan fingerprint density at radius 1 is 0.867 bits per heavy atom. The summed E-state index contributed by atoms with van der Waals surface area (Å²) >= 11 is 0. The van der Waals surface area contributed by atoms with Crippen LogP contribution >= 0.6 is 0 Å². The number of carbonyl (C=O) groups excluding carboxylic acids is 3. The average Bonchev–Trinajstić information content (AvgIpc) is 2.66. The fourth-order valence-electron chi connectivity index (χ4n) is 2.70. The van der Waals surface area contributed by atoms with Gasteiger partial charge in [-0.05, 0) is 50.5 Å². The normalized spacial score (nSPS) is 10.8. The van der Waals surface area contributed by atoms with Crippen LogP contribution in [0.5, 0.6) is 0 Å². The molecule has 30 heavy (non-hydrogen) atoms. The molecule has 0 bridgehead atoms. The number of ether oxygens (including phenoxy) is 1. The van der Waals surface area contributed by atoms with E-state index in [9.17, 15) is 14.4 Å². The van der Waals surface area contributed by atoms with Crippen LogP contribution in [0.2, 0.25) is 0 Å². The summed E-state index contributed by atoms with van der Waals surface area (Å²) in [6.07, 6.45) is -0.365. The molecule has 7 nitrogen and oxygen atoms in total. The molecule has 2 rings (SSSR count). The van der Waals surface area contributed by atoms with Crippen molar-refractivity contribution in [2.45, 2.75) is 46.3 Å². The number of hydrogen-bond acceptors (Lipinski definition) is 4. The number of para-hydroxylation sites is 1. The van der Waals surface area contributed by atoms with Gasteiger partial charge in [-0.2, -0.15) is 0 Å². The van der Waals surface area contributed by atoms with Crippen molar-refractivity contribution in [3.8, 4) is 0 Å². The third kappa shape index (κ3) is 7.95. The highest BCUT2D eigenvalue weighted by atomic mass is 16.6. The summed E-state index contributed by atoms with van der Waals surface area (Å²) in [5.74, 6) is -0.489. The number of alkyl carbamates (subject to hydrolysis) is 1. The maximum Gasteiger partial charge on any atom is 0.408 e. The van der Waals surface area contributed by atoms with Crippen molar-refractivity contribution in [1.29, 1.82) is 0 Å². The van der Waals surface area contributed by atoms with Crippen molar-refractivity contribution >= 4 is 23.6 Å². The van der Waals surface area contributed by atoms with Crippen molar-refractivity contribution < 1.29 is 19.1 Å². The standard InChI is InChI=1S/C23H29N3O4/c1-16-9-5-6-10-17(16)13-20(27)24-14-18-11-7-8-12-19(18)26-21(28)15-25-22(29)30-23(2,3)4/h5-12H,13-15H2,1-4H3,(H,24,27)(H,25,29)(H,26,28). The van der Waals surface area contributed by atoms with Crippen LogP contribution in [0, 0.1) is 6.92 Å². The van der Waals surface area contributed by atoms with E-state index in [2.05, 4.69) is 16.0 Å². The second-order valence-electron chi connectivity index (χ2n) is 7.94. The van der Waals surface area contributed by atoms with Gasteiger partial charge >= 0.3 is 6.09 Å². The highest BCUT2D eigenvalue weighted by Crippen LogP contribution is 2.15. The second kappa shape index (κ2) is 10.4. The van der Waals surface area contributed by atoms with Crippen molar-refractivity contribution in [2.75, 3.05) is 11.9 Å². The van der Waals surface area contributed by atoms with Crippen LogP contribution in [0.3, 0.4) is 0 Å². The average molecular weight is 412 g/mol. The SMILES string of the molecule is Cc1ccccc1CC(=O)NCc1ccccc1NC(=O)CNC(=O)OC(C)(C)C. The second-order valence-corrected chi connectivity index (χ2v) is 7.94. The molecule has 0 aliphatic carbocycles. The monoisotopic (exact) mass is 411 g/mol. The zero-order chi connectivity index (χ0) is 22.1. The van der Waals surface area contributed by atoms with E-state index in [1.54, 1.807) is 32.9 Å². The summed E-state index contributed by atoms with van der Waals surface area (Å²) in [5, 5.41) is 8.05. The first-order chi connectivity index (χ1) is 14.1.